The zero-order valence-corrected chi connectivity index (χ0v) is 11.5. The summed E-state index contributed by atoms with van der Waals surface area (Å²) in [6.45, 7) is 9.48. The molecule has 0 spiro atoms. The molecule has 2 N–H and O–H groups in total. The highest BCUT2D eigenvalue weighted by Crippen LogP contribution is 2.20. The summed E-state index contributed by atoms with van der Waals surface area (Å²) in [5, 5.41) is 6.52. The summed E-state index contributed by atoms with van der Waals surface area (Å²) >= 11 is 0. The third-order valence-corrected chi connectivity index (χ3v) is 4.10. The summed E-state index contributed by atoms with van der Waals surface area (Å²) in [6.07, 6.45) is 1.82. The number of carbonyl (C=O) groups excluding carboxylic acids is 1. The lowest BCUT2D eigenvalue weighted by molar-refractivity contribution is -0.129. The first kappa shape index (κ1) is 13.8. The number of amides is 1. The number of piperazine rings is 1. The predicted molar refractivity (Wildman–Crippen MR) is 70.5 cm³/mol. The van der Waals surface area contributed by atoms with Crippen LogP contribution in [0.25, 0.3) is 0 Å². The van der Waals surface area contributed by atoms with Gasteiger partial charge in [0.15, 0.2) is 0 Å². The Balaban J connectivity index is 1.85. The molecule has 1 atom stereocenters. The molecule has 2 saturated heterocycles. The summed E-state index contributed by atoms with van der Waals surface area (Å²) in [7, 11) is 0. The van der Waals surface area contributed by atoms with E-state index < -0.39 is 0 Å². The molecule has 2 aliphatic heterocycles. The van der Waals surface area contributed by atoms with Gasteiger partial charge >= 0.3 is 0 Å². The number of nitrogens with one attached hydrogen (secondary N) is 2. The van der Waals surface area contributed by atoms with E-state index in [4.69, 9.17) is 4.74 Å². The van der Waals surface area contributed by atoms with Crippen molar-refractivity contribution in [3.63, 3.8) is 0 Å². The molecule has 0 aromatic heterocycles. The quantitative estimate of drug-likeness (QED) is 0.743. The van der Waals surface area contributed by atoms with Crippen LogP contribution in [0.1, 0.15) is 26.7 Å². The molecule has 0 saturated carbocycles. The Bertz CT molecular complexity index is 284. The van der Waals surface area contributed by atoms with E-state index in [0.29, 0.717) is 0 Å². The maximum Gasteiger partial charge on any atom is 0.237 e. The highest BCUT2D eigenvalue weighted by Gasteiger charge is 2.32. The minimum Gasteiger partial charge on any atom is -0.381 e. The molecule has 0 aromatic rings. The molecule has 2 rings (SSSR count). The van der Waals surface area contributed by atoms with Crippen molar-refractivity contribution in [1.29, 1.82) is 0 Å². The Hall–Kier alpha value is -0.650. The summed E-state index contributed by atoms with van der Waals surface area (Å²) < 4.78 is 5.35. The lowest BCUT2D eigenvalue weighted by atomic mass is 9.92. The Labute approximate surface area is 109 Å². The monoisotopic (exact) mass is 255 g/mol. The first-order valence-electron chi connectivity index (χ1n) is 6.95. The second-order valence-corrected chi connectivity index (χ2v) is 5.62. The van der Waals surface area contributed by atoms with Gasteiger partial charge in [0.1, 0.15) is 0 Å². The number of rotatable bonds is 3. The van der Waals surface area contributed by atoms with Crippen molar-refractivity contribution in [2.24, 2.45) is 0 Å². The van der Waals surface area contributed by atoms with Gasteiger partial charge in [0.25, 0.3) is 0 Å². The van der Waals surface area contributed by atoms with Gasteiger partial charge in [-0.1, -0.05) is 0 Å². The van der Waals surface area contributed by atoms with E-state index in [9.17, 15) is 4.79 Å². The van der Waals surface area contributed by atoms with Crippen LogP contribution in [-0.2, 0) is 9.53 Å². The van der Waals surface area contributed by atoms with Crippen molar-refractivity contribution < 1.29 is 9.53 Å². The SMILES string of the molecule is CC(C(=O)NC1(C)CCOCC1)N1CCNCC1. The third-order valence-electron chi connectivity index (χ3n) is 4.10. The van der Waals surface area contributed by atoms with Gasteiger partial charge in [-0.05, 0) is 26.7 Å². The highest BCUT2D eigenvalue weighted by molar-refractivity contribution is 5.82. The summed E-state index contributed by atoms with van der Waals surface area (Å²) in [5.74, 6) is 0.154. The number of hydrogen-bond donors (Lipinski definition) is 2. The number of hydrogen-bond acceptors (Lipinski definition) is 4. The third kappa shape index (κ3) is 3.43. The van der Waals surface area contributed by atoms with Crippen LogP contribution in [0, 0.1) is 0 Å². The molecule has 0 bridgehead atoms. The van der Waals surface area contributed by atoms with Crippen LogP contribution in [0.15, 0.2) is 0 Å². The number of carbonyl (C=O) groups is 1. The van der Waals surface area contributed by atoms with E-state index in [1.54, 1.807) is 0 Å². The van der Waals surface area contributed by atoms with Gasteiger partial charge in [-0.25, -0.2) is 0 Å². The van der Waals surface area contributed by atoms with Gasteiger partial charge in [0.2, 0.25) is 5.91 Å². The molecule has 18 heavy (non-hydrogen) atoms. The smallest absolute Gasteiger partial charge is 0.237 e. The molecule has 5 nitrogen and oxygen atoms in total. The lowest BCUT2D eigenvalue weighted by Gasteiger charge is -2.38. The predicted octanol–water partition coefficient (Wildman–Crippen LogP) is -0.0346. The Morgan fingerprint density at radius 2 is 1.94 bits per heavy atom. The molecule has 1 unspecified atom stereocenters. The van der Waals surface area contributed by atoms with Gasteiger partial charge in [-0.2, -0.15) is 0 Å². The lowest BCUT2D eigenvalue weighted by Crippen LogP contribution is -2.57. The van der Waals surface area contributed by atoms with E-state index in [1.165, 1.54) is 0 Å². The van der Waals surface area contributed by atoms with Crippen LogP contribution in [0.2, 0.25) is 0 Å². The van der Waals surface area contributed by atoms with Gasteiger partial charge in [0.05, 0.1) is 6.04 Å². The van der Waals surface area contributed by atoms with Crippen LogP contribution >= 0.6 is 0 Å². The molecule has 2 fully saturated rings. The minimum atomic E-state index is -0.0857. The highest BCUT2D eigenvalue weighted by atomic mass is 16.5. The zero-order chi connectivity index (χ0) is 13.0. The van der Waals surface area contributed by atoms with Crippen molar-refractivity contribution in [2.45, 2.75) is 38.3 Å². The van der Waals surface area contributed by atoms with Gasteiger partial charge in [-0.15, -0.1) is 0 Å². The van der Waals surface area contributed by atoms with E-state index in [0.717, 1.165) is 52.2 Å². The van der Waals surface area contributed by atoms with E-state index in [-0.39, 0.29) is 17.5 Å². The topological polar surface area (TPSA) is 53.6 Å². The molecular formula is C13H25N3O2. The van der Waals surface area contributed by atoms with E-state index in [2.05, 4.69) is 22.5 Å². The Morgan fingerprint density at radius 1 is 1.33 bits per heavy atom. The molecule has 0 aliphatic carbocycles. The van der Waals surface area contributed by atoms with Crippen LogP contribution in [0.3, 0.4) is 0 Å². The van der Waals surface area contributed by atoms with Crippen molar-refractivity contribution >= 4 is 5.91 Å². The fourth-order valence-corrected chi connectivity index (χ4v) is 2.58. The second kappa shape index (κ2) is 5.99. The molecule has 0 aromatic carbocycles. The fourth-order valence-electron chi connectivity index (χ4n) is 2.58. The zero-order valence-electron chi connectivity index (χ0n) is 11.5. The first-order chi connectivity index (χ1) is 8.61. The van der Waals surface area contributed by atoms with Crippen LogP contribution in [0.4, 0.5) is 0 Å². The molecular weight excluding hydrogens is 230 g/mol. The minimum absolute atomic E-state index is 0.0354. The second-order valence-electron chi connectivity index (χ2n) is 5.62. The van der Waals surface area contributed by atoms with Crippen LogP contribution in [0.5, 0.6) is 0 Å². The molecule has 0 radical (unpaired) electrons. The van der Waals surface area contributed by atoms with Crippen molar-refractivity contribution in [3.8, 4) is 0 Å². The number of nitrogens with zero attached hydrogens (tertiary/aromatic N) is 1. The molecule has 5 heteroatoms. The van der Waals surface area contributed by atoms with Gasteiger partial charge in [0, 0.05) is 44.9 Å². The van der Waals surface area contributed by atoms with Crippen molar-refractivity contribution in [2.75, 3.05) is 39.4 Å². The Morgan fingerprint density at radius 3 is 2.56 bits per heavy atom. The van der Waals surface area contributed by atoms with Gasteiger partial charge < -0.3 is 15.4 Å². The van der Waals surface area contributed by atoms with Crippen LogP contribution in [-0.4, -0.2) is 61.8 Å². The van der Waals surface area contributed by atoms with Gasteiger partial charge in [-0.3, -0.25) is 9.69 Å². The standard InChI is InChI=1S/C13H25N3O2/c1-11(16-7-5-14-6-8-16)12(17)15-13(2)3-9-18-10-4-13/h11,14H,3-10H2,1-2H3,(H,15,17). The molecule has 2 aliphatic rings. The summed E-state index contributed by atoms with van der Waals surface area (Å²) in [4.78, 5) is 14.5. The maximum absolute atomic E-state index is 12.3. The summed E-state index contributed by atoms with van der Waals surface area (Å²) in [6, 6.07) is -0.0354. The average molecular weight is 255 g/mol. The molecule has 2 heterocycles. The van der Waals surface area contributed by atoms with Crippen molar-refractivity contribution in [3.05, 3.63) is 0 Å². The van der Waals surface area contributed by atoms with E-state index >= 15 is 0 Å². The van der Waals surface area contributed by atoms with E-state index in [1.807, 2.05) is 6.92 Å². The normalized spacial score (nSPS) is 26.6. The maximum atomic E-state index is 12.3. The number of ether oxygens (including phenoxy) is 1. The fraction of sp³-hybridized carbons (Fsp3) is 0.923. The molecule has 1 amide bonds. The Kier molecular flexibility index (Phi) is 4.59. The van der Waals surface area contributed by atoms with Crippen LogP contribution < -0.4 is 10.6 Å². The summed E-state index contributed by atoms with van der Waals surface area (Å²) in [5.41, 5.74) is -0.0857. The van der Waals surface area contributed by atoms with Crippen molar-refractivity contribution in [1.82, 2.24) is 15.5 Å². The largest absolute Gasteiger partial charge is 0.381 e. The average Bonchev–Trinajstić information content (AvgIpc) is 2.39. The molecule has 104 valence electrons. The first-order valence-corrected chi connectivity index (χ1v) is 6.95.